The number of aromatic amines is 2. The molecule has 16 heteroatoms. The van der Waals surface area contributed by atoms with Crippen LogP contribution >= 0.6 is 0 Å². The van der Waals surface area contributed by atoms with Crippen molar-refractivity contribution in [1.82, 2.24) is 40.4 Å². The molecule has 318 valence electrons. The molecule has 8 rings (SSSR count). The molecule has 3 fully saturated rings. The second-order valence-corrected chi connectivity index (χ2v) is 16.7. The van der Waals surface area contributed by atoms with Gasteiger partial charge in [-0.15, -0.1) is 0 Å². The molecule has 5 heterocycles. The van der Waals surface area contributed by atoms with Gasteiger partial charge in [0.15, 0.2) is 0 Å². The van der Waals surface area contributed by atoms with E-state index < -0.39 is 24.3 Å². The lowest BCUT2D eigenvalue weighted by atomic mass is 10.00. The van der Waals surface area contributed by atoms with E-state index in [0.29, 0.717) is 50.7 Å². The van der Waals surface area contributed by atoms with Gasteiger partial charge in [0.2, 0.25) is 11.8 Å². The van der Waals surface area contributed by atoms with Crippen molar-refractivity contribution in [2.75, 3.05) is 47.1 Å². The summed E-state index contributed by atoms with van der Waals surface area (Å²) in [6.45, 7) is 5.91. The van der Waals surface area contributed by atoms with Crippen LogP contribution in [0, 0.1) is 11.3 Å². The second kappa shape index (κ2) is 17.4. The van der Waals surface area contributed by atoms with Gasteiger partial charge in [-0.2, -0.15) is 0 Å². The van der Waals surface area contributed by atoms with Gasteiger partial charge in [0.05, 0.1) is 63.3 Å². The zero-order chi connectivity index (χ0) is 42.0. The molecule has 16 nitrogen and oxygen atoms in total. The van der Waals surface area contributed by atoms with Crippen LogP contribution in [0.3, 0.4) is 0 Å². The Balaban J connectivity index is 1.01. The minimum atomic E-state index is -0.876. The van der Waals surface area contributed by atoms with E-state index in [0.717, 1.165) is 71.6 Å². The Morgan fingerprint density at radius 3 is 2.28 bits per heavy atom. The van der Waals surface area contributed by atoms with Crippen LogP contribution in [-0.4, -0.2) is 113 Å². The molecule has 2 aromatic carbocycles. The summed E-state index contributed by atoms with van der Waals surface area (Å²) >= 11 is 0. The second-order valence-electron chi connectivity index (χ2n) is 16.7. The van der Waals surface area contributed by atoms with Gasteiger partial charge in [-0.25, -0.2) is 19.6 Å². The maximum Gasteiger partial charge on any atom is 0.407 e. The fourth-order valence-corrected chi connectivity index (χ4v) is 8.71. The lowest BCUT2D eigenvalue weighted by Crippen LogP contribution is -2.51. The van der Waals surface area contributed by atoms with Gasteiger partial charge >= 0.3 is 12.2 Å². The number of ether oxygens (including phenoxy) is 4. The molecule has 1 saturated carbocycles. The van der Waals surface area contributed by atoms with Crippen LogP contribution in [0.5, 0.6) is 5.75 Å². The number of benzene rings is 2. The third-order valence-electron chi connectivity index (χ3n) is 12.3. The van der Waals surface area contributed by atoms with E-state index in [1.807, 2.05) is 37.1 Å². The van der Waals surface area contributed by atoms with Gasteiger partial charge in [0, 0.05) is 25.3 Å². The summed E-state index contributed by atoms with van der Waals surface area (Å²) < 4.78 is 21.9. The Morgan fingerprint density at radius 2 is 1.55 bits per heavy atom. The fraction of sp³-hybridized carbons (Fsp3) is 0.500. The molecule has 4 N–H and O–H groups in total. The third-order valence-corrected chi connectivity index (χ3v) is 12.3. The van der Waals surface area contributed by atoms with Gasteiger partial charge < -0.3 is 49.3 Å². The van der Waals surface area contributed by atoms with Crippen LogP contribution in [0.2, 0.25) is 0 Å². The molecule has 2 saturated heterocycles. The predicted molar refractivity (Wildman–Crippen MR) is 221 cm³/mol. The number of hydrogen-bond donors (Lipinski definition) is 4. The SMILES string of the molecule is COC(=O)N[C@H]1COCCCCOc2cc(-c3ccc(-c4cnc([C@H]5CC6(CC6)CN5C(=O)[C@H](NC(=O)OC)C(C)C)[nH]4)cc3)ccc2-c2cnc([nH]2)[C@@H]2CCCN2C1=O. The molecule has 0 radical (unpaired) electrons. The summed E-state index contributed by atoms with van der Waals surface area (Å²) in [4.78, 5) is 72.0. The van der Waals surface area contributed by atoms with Crippen molar-refractivity contribution < 1.29 is 38.1 Å². The number of likely N-dealkylation sites (tertiary alicyclic amines) is 1. The number of fused-ring (bicyclic) bond motifs is 6. The monoisotopic (exact) mass is 822 g/mol. The number of carbonyl (C=O) groups excluding carboxylic acids is 4. The molecule has 4 aliphatic rings. The molecule has 1 spiro atoms. The summed E-state index contributed by atoms with van der Waals surface area (Å²) in [6, 6.07) is 12.3. The van der Waals surface area contributed by atoms with E-state index in [1.165, 1.54) is 14.2 Å². The van der Waals surface area contributed by atoms with Gasteiger partial charge in [-0.05, 0) is 85.1 Å². The standard InChI is InChI=1S/C44H54N8O8/c1-26(2)37(50-43(56)58-4)41(54)52-25-44(15-16-44)21-35(52)39-45-22-31(47-39)28-11-9-27(10-12-28)29-13-14-30-32-23-46-38(48-32)34-8-7-17-51(34)40(53)33(49-42(55)57-3)24-59-18-5-6-19-60-36(30)20-29/h9-14,20,22-23,26,33-35,37H,5-8,15-19,21,24-25H2,1-4H3,(H,45,47)(H,46,48)(H,49,55)(H,50,56)/t33-,34-,35+,37+/m0/s1. The first-order chi connectivity index (χ1) is 29.1. The van der Waals surface area contributed by atoms with E-state index in [2.05, 4.69) is 50.9 Å². The number of carbonyl (C=O) groups is 4. The summed E-state index contributed by atoms with van der Waals surface area (Å²) in [5, 5.41) is 5.39. The molecular weight excluding hydrogens is 769 g/mol. The number of amides is 4. The number of rotatable bonds is 7. The lowest BCUT2D eigenvalue weighted by molar-refractivity contribution is -0.136. The summed E-state index contributed by atoms with van der Waals surface area (Å²) in [7, 11) is 2.57. The largest absolute Gasteiger partial charge is 0.493 e. The zero-order valence-corrected chi connectivity index (χ0v) is 34.6. The molecule has 3 aliphatic heterocycles. The van der Waals surface area contributed by atoms with Crippen molar-refractivity contribution in [2.45, 2.75) is 83.0 Å². The fourth-order valence-electron chi connectivity index (χ4n) is 8.71. The maximum absolute atomic E-state index is 13.9. The van der Waals surface area contributed by atoms with Crippen molar-refractivity contribution in [3.8, 4) is 39.4 Å². The van der Waals surface area contributed by atoms with Gasteiger partial charge in [0.1, 0.15) is 29.5 Å². The van der Waals surface area contributed by atoms with Crippen LogP contribution in [0.1, 0.15) is 82.5 Å². The van der Waals surface area contributed by atoms with E-state index in [1.54, 1.807) is 11.1 Å². The maximum atomic E-state index is 13.9. The highest BCUT2D eigenvalue weighted by Gasteiger charge is 2.55. The van der Waals surface area contributed by atoms with E-state index >= 15 is 0 Å². The summed E-state index contributed by atoms with van der Waals surface area (Å²) in [5.74, 6) is 1.65. The number of alkyl carbamates (subject to hydrolysis) is 2. The quantitative estimate of drug-likeness (QED) is 0.168. The first-order valence-corrected chi connectivity index (χ1v) is 20.9. The lowest BCUT2D eigenvalue weighted by Gasteiger charge is -2.30. The van der Waals surface area contributed by atoms with Crippen LogP contribution in [0.4, 0.5) is 9.59 Å². The highest BCUT2D eigenvalue weighted by atomic mass is 16.5. The topological polar surface area (TPSA) is 193 Å². The molecular formula is C44H54N8O8. The predicted octanol–water partition coefficient (Wildman–Crippen LogP) is 6.15. The molecule has 4 aromatic rings. The first-order valence-electron chi connectivity index (χ1n) is 20.9. The zero-order valence-electron chi connectivity index (χ0n) is 34.6. The van der Waals surface area contributed by atoms with Crippen LogP contribution in [-0.2, 0) is 23.8 Å². The average Bonchev–Trinajstić information content (AvgIpc) is 3.79. The number of nitrogens with zero attached hydrogens (tertiary/aromatic N) is 4. The molecule has 60 heavy (non-hydrogen) atoms. The Kier molecular flexibility index (Phi) is 11.8. The Bertz CT molecular complexity index is 2200. The van der Waals surface area contributed by atoms with E-state index in [9.17, 15) is 19.2 Å². The number of H-pyrrole nitrogens is 2. The number of imidazole rings is 2. The highest BCUT2D eigenvalue weighted by molar-refractivity contribution is 5.87. The van der Waals surface area contributed by atoms with Crippen molar-refractivity contribution >= 4 is 24.0 Å². The van der Waals surface area contributed by atoms with Crippen LogP contribution in [0.25, 0.3) is 33.6 Å². The Labute approximate surface area is 349 Å². The number of aromatic nitrogens is 4. The van der Waals surface area contributed by atoms with Crippen molar-refractivity contribution in [3.05, 3.63) is 66.5 Å². The van der Waals surface area contributed by atoms with Gasteiger partial charge in [0.25, 0.3) is 0 Å². The van der Waals surface area contributed by atoms with Gasteiger partial charge in [-0.3, -0.25) is 9.59 Å². The Hall–Kier alpha value is -5.90. The number of hydrogen-bond acceptors (Lipinski definition) is 10. The van der Waals surface area contributed by atoms with Crippen LogP contribution in [0.15, 0.2) is 54.9 Å². The smallest absolute Gasteiger partial charge is 0.407 e. The minimum Gasteiger partial charge on any atom is -0.493 e. The molecule has 2 aromatic heterocycles. The van der Waals surface area contributed by atoms with Crippen LogP contribution < -0.4 is 15.4 Å². The number of nitrogens with one attached hydrogen (secondary N) is 4. The first kappa shape index (κ1) is 40.9. The summed E-state index contributed by atoms with van der Waals surface area (Å²) in [6.07, 6.45) is 8.23. The minimum absolute atomic E-state index is 0.0329. The third kappa shape index (κ3) is 8.56. The normalized spacial score (nSPS) is 21.8. The van der Waals surface area contributed by atoms with Crippen molar-refractivity contribution in [1.29, 1.82) is 0 Å². The van der Waals surface area contributed by atoms with E-state index in [4.69, 9.17) is 28.9 Å². The Morgan fingerprint density at radius 1 is 0.867 bits per heavy atom. The summed E-state index contributed by atoms with van der Waals surface area (Å²) in [5.41, 5.74) is 5.55. The number of methoxy groups -OCH3 is 2. The van der Waals surface area contributed by atoms with Gasteiger partial charge in [-0.1, -0.05) is 44.2 Å². The molecule has 4 atom stereocenters. The molecule has 0 unspecified atom stereocenters. The molecule has 4 amide bonds. The molecule has 1 aliphatic carbocycles. The molecule has 2 bridgehead atoms. The highest BCUT2D eigenvalue weighted by Crippen LogP contribution is 2.58. The average molecular weight is 823 g/mol. The van der Waals surface area contributed by atoms with Crippen molar-refractivity contribution in [3.63, 3.8) is 0 Å². The van der Waals surface area contributed by atoms with E-state index in [-0.39, 0.29) is 41.8 Å². The van der Waals surface area contributed by atoms with Crippen molar-refractivity contribution in [2.24, 2.45) is 11.3 Å².